The van der Waals surface area contributed by atoms with Crippen molar-refractivity contribution in [1.82, 2.24) is 0 Å². The molecule has 0 radical (unpaired) electrons. The number of benzene rings is 1. The smallest absolute Gasteiger partial charge is 0.0446 e. The molecular weight excluding hydrogens is 300 g/mol. The zero-order chi connectivity index (χ0) is 15.9. The molecule has 0 nitrogen and oxygen atoms in total. The van der Waals surface area contributed by atoms with Crippen LogP contribution in [0.15, 0.2) is 24.3 Å². The molecule has 0 aromatic heterocycles. The maximum absolute atomic E-state index is 6.58. The fraction of sp³-hybridized carbons (Fsp3) is 0.636. The van der Waals surface area contributed by atoms with Crippen LogP contribution in [0, 0.1) is 5.92 Å². The first-order valence-electron chi connectivity index (χ1n) is 9.79. The lowest BCUT2D eigenvalue weighted by molar-refractivity contribution is 0.444. The molecule has 3 rings (SSSR count). The van der Waals surface area contributed by atoms with Gasteiger partial charge in [0.05, 0.1) is 0 Å². The van der Waals surface area contributed by atoms with E-state index >= 15 is 0 Å². The summed E-state index contributed by atoms with van der Waals surface area (Å²) in [4.78, 5) is 0. The van der Waals surface area contributed by atoms with Crippen molar-refractivity contribution in [2.45, 2.75) is 83.0 Å². The quantitative estimate of drug-likeness (QED) is 0.495. The Labute approximate surface area is 147 Å². The highest BCUT2D eigenvalue weighted by molar-refractivity contribution is 6.31. The first kappa shape index (κ1) is 17.1. The summed E-state index contributed by atoms with van der Waals surface area (Å²) in [5.41, 5.74) is 2.65. The van der Waals surface area contributed by atoms with Gasteiger partial charge < -0.3 is 0 Å². The highest BCUT2D eigenvalue weighted by Gasteiger charge is 2.17. The molecule has 0 aliphatic heterocycles. The van der Waals surface area contributed by atoms with Gasteiger partial charge in [0, 0.05) is 5.02 Å². The third kappa shape index (κ3) is 5.11. The van der Waals surface area contributed by atoms with Gasteiger partial charge in [-0.3, -0.25) is 0 Å². The van der Waals surface area contributed by atoms with Crippen molar-refractivity contribution in [3.05, 3.63) is 40.4 Å². The molecule has 0 spiro atoms. The standard InChI is InChI=1S/C22H31Cl/c23-22-17-19(12-8-11-18-9-4-1-2-5-10-18)15-16-21(22)20-13-6-3-7-14-20/h8,12,15-18,20H,1-7,9-11,13-14H2/b12-8+. The third-order valence-electron chi connectivity index (χ3n) is 5.82. The molecule has 1 aromatic carbocycles. The lowest BCUT2D eigenvalue weighted by atomic mass is 9.84. The summed E-state index contributed by atoms with van der Waals surface area (Å²) < 4.78 is 0. The molecule has 0 saturated heterocycles. The summed E-state index contributed by atoms with van der Waals surface area (Å²) in [6, 6.07) is 6.72. The van der Waals surface area contributed by atoms with Gasteiger partial charge in [0.1, 0.15) is 0 Å². The molecule has 0 bridgehead atoms. The van der Waals surface area contributed by atoms with Crippen LogP contribution in [0.25, 0.3) is 6.08 Å². The fourth-order valence-corrected chi connectivity index (χ4v) is 4.73. The van der Waals surface area contributed by atoms with E-state index in [1.165, 1.54) is 88.2 Å². The summed E-state index contributed by atoms with van der Waals surface area (Å²) in [6.45, 7) is 0. The van der Waals surface area contributed by atoms with E-state index in [1.54, 1.807) is 0 Å². The van der Waals surface area contributed by atoms with Gasteiger partial charge in [-0.2, -0.15) is 0 Å². The van der Waals surface area contributed by atoms with Gasteiger partial charge in [0.2, 0.25) is 0 Å². The lowest BCUT2D eigenvalue weighted by Crippen LogP contribution is -2.05. The normalized spacial score (nSPS) is 21.6. The Morgan fingerprint density at radius 2 is 1.52 bits per heavy atom. The van der Waals surface area contributed by atoms with Crippen molar-refractivity contribution in [2.75, 3.05) is 0 Å². The molecule has 2 aliphatic carbocycles. The van der Waals surface area contributed by atoms with Gasteiger partial charge in [-0.25, -0.2) is 0 Å². The largest absolute Gasteiger partial charge is 0.0840 e. The highest BCUT2D eigenvalue weighted by atomic mass is 35.5. The van der Waals surface area contributed by atoms with Crippen molar-refractivity contribution in [3.63, 3.8) is 0 Å². The molecule has 1 aromatic rings. The van der Waals surface area contributed by atoms with Crippen LogP contribution in [0.2, 0.25) is 5.02 Å². The van der Waals surface area contributed by atoms with Gasteiger partial charge in [0.25, 0.3) is 0 Å². The molecule has 2 fully saturated rings. The highest BCUT2D eigenvalue weighted by Crippen LogP contribution is 2.36. The van der Waals surface area contributed by atoms with E-state index in [2.05, 4.69) is 30.4 Å². The van der Waals surface area contributed by atoms with Gasteiger partial charge >= 0.3 is 0 Å². The summed E-state index contributed by atoms with van der Waals surface area (Å²) in [5, 5.41) is 0.980. The number of hydrogen-bond acceptors (Lipinski definition) is 0. The monoisotopic (exact) mass is 330 g/mol. The maximum atomic E-state index is 6.58. The predicted octanol–water partition coefficient (Wildman–Crippen LogP) is 7.76. The van der Waals surface area contributed by atoms with E-state index in [0.29, 0.717) is 5.92 Å². The van der Waals surface area contributed by atoms with E-state index in [9.17, 15) is 0 Å². The topological polar surface area (TPSA) is 0 Å². The van der Waals surface area contributed by atoms with Crippen molar-refractivity contribution in [3.8, 4) is 0 Å². The molecule has 2 aliphatic rings. The van der Waals surface area contributed by atoms with Gasteiger partial charge in [-0.1, -0.05) is 93.7 Å². The summed E-state index contributed by atoms with van der Waals surface area (Å²) >= 11 is 6.58. The zero-order valence-corrected chi connectivity index (χ0v) is 15.2. The van der Waals surface area contributed by atoms with Crippen molar-refractivity contribution < 1.29 is 0 Å². The van der Waals surface area contributed by atoms with Crippen LogP contribution in [-0.2, 0) is 0 Å². The SMILES string of the molecule is Clc1cc(/C=C/CC2CCCCCC2)ccc1C1CCCCC1. The molecule has 0 amide bonds. The fourth-order valence-electron chi connectivity index (χ4n) is 4.39. The van der Waals surface area contributed by atoms with Crippen LogP contribution in [0.5, 0.6) is 0 Å². The Bertz CT molecular complexity index is 503. The zero-order valence-electron chi connectivity index (χ0n) is 14.4. The minimum absolute atomic E-state index is 0.695. The number of allylic oxidation sites excluding steroid dienone is 1. The third-order valence-corrected chi connectivity index (χ3v) is 6.15. The van der Waals surface area contributed by atoms with E-state index in [1.807, 2.05) is 0 Å². The first-order valence-corrected chi connectivity index (χ1v) is 10.2. The predicted molar refractivity (Wildman–Crippen MR) is 102 cm³/mol. The Hall–Kier alpha value is -0.750. The van der Waals surface area contributed by atoms with Crippen molar-refractivity contribution in [2.24, 2.45) is 5.92 Å². The maximum Gasteiger partial charge on any atom is 0.0446 e. The average Bonchev–Trinajstić information content (AvgIpc) is 2.85. The second-order valence-corrected chi connectivity index (χ2v) is 8.02. The molecule has 126 valence electrons. The number of hydrogen-bond donors (Lipinski definition) is 0. The van der Waals surface area contributed by atoms with E-state index in [-0.39, 0.29) is 0 Å². The number of halogens is 1. The Kier molecular flexibility index (Phi) is 6.63. The van der Waals surface area contributed by atoms with Crippen LogP contribution in [0.1, 0.15) is 94.1 Å². The van der Waals surface area contributed by atoms with Crippen molar-refractivity contribution >= 4 is 17.7 Å². The minimum Gasteiger partial charge on any atom is -0.0840 e. The summed E-state index contributed by atoms with van der Waals surface area (Å²) in [7, 11) is 0. The van der Waals surface area contributed by atoms with Crippen LogP contribution < -0.4 is 0 Å². The van der Waals surface area contributed by atoms with Crippen LogP contribution >= 0.6 is 11.6 Å². The van der Waals surface area contributed by atoms with E-state index < -0.39 is 0 Å². The molecule has 0 N–H and O–H groups in total. The average molecular weight is 331 g/mol. The van der Waals surface area contributed by atoms with Crippen LogP contribution in [0.4, 0.5) is 0 Å². The Balaban J connectivity index is 1.57. The van der Waals surface area contributed by atoms with Gasteiger partial charge in [0.15, 0.2) is 0 Å². The first-order chi connectivity index (χ1) is 11.3. The molecule has 0 heterocycles. The molecule has 0 atom stereocenters. The number of rotatable bonds is 4. The second-order valence-electron chi connectivity index (χ2n) is 7.61. The van der Waals surface area contributed by atoms with Gasteiger partial charge in [-0.15, -0.1) is 0 Å². The van der Waals surface area contributed by atoms with Crippen LogP contribution in [0.3, 0.4) is 0 Å². The van der Waals surface area contributed by atoms with E-state index in [4.69, 9.17) is 11.6 Å². The molecule has 2 saturated carbocycles. The van der Waals surface area contributed by atoms with Crippen LogP contribution in [-0.4, -0.2) is 0 Å². The lowest BCUT2D eigenvalue weighted by Gasteiger charge is -2.23. The summed E-state index contributed by atoms with van der Waals surface area (Å²) in [5.74, 6) is 1.60. The van der Waals surface area contributed by atoms with Crippen molar-refractivity contribution in [1.29, 1.82) is 0 Å². The second kappa shape index (κ2) is 8.92. The Morgan fingerprint density at radius 1 is 0.870 bits per heavy atom. The Morgan fingerprint density at radius 3 is 2.22 bits per heavy atom. The van der Waals surface area contributed by atoms with Gasteiger partial charge in [-0.05, 0) is 48.3 Å². The molecule has 0 unspecified atom stereocenters. The molecule has 23 heavy (non-hydrogen) atoms. The minimum atomic E-state index is 0.695. The van der Waals surface area contributed by atoms with E-state index in [0.717, 1.165) is 10.9 Å². The summed E-state index contributed by atoms with van der Waals surface area (Å²) in [6.07, 6.45) is 21.2. The molecule has 1 heteroatoms. The molecular formula is C22H31Cl.